The first-order valence-corrected chi connectivity index (χ1v) is 7.00. The minimum absolute atomic E-state index is 0. The van der Waals surface area contributed by atoms with Crippen LogP contribution in [0.25, 0.3) is 17.1 Å². The van der Waals surface area contributed by atoms with Crippen LogP contribution in [0.4, 0.5) is 0 Å². The first kappa shape index (κ1) is 15.2. The summed E-state index contributed by atoms with van der Waals surface area (Å²) in [6, 6.07) is 5.54. The minimum Gasteiger partial charge on any atom is -0.351 e. The summed E-state index contributed by atoms with van der Waals surface area (Å²) in [7, 11) is 0. The van der Waals surface area contributed by atoms with Gasteiger partial charge in [0.05, 0.1) is 18.1 Å². The third-order valence-corrected chi connectivity index (χ3v) is 3.54. The molecule has 1 amide bonds. The van der Waals surface area contributed by atoms with Crippen LogP contribution >= 0.6 is 12.4 Å². The number of fused-ring (bicyclic) bond motifs is 1. The molecule has 3 aromatic rings. The highest BCUT2D eigenvalue weighted by Gasteiger charge is 2.18. The van der Waals surface area contributed by atoms with Crippen LogP contribution in [0.1, 0.15) is 16.9 Å². The molecule has 23 heavy (non-hydrogen) atoms. The van der Waals surface area contributed by atoms with Crippen LogP contribution in [0.5, 0.6) is 0 Å². The summed E-state index contributed by atoms with van der Waals surface area (Å²) >= 11 is 0. The van der Waals surface area contributed by atoms with Gasteiger partial charge in [-0.1, -0.05) is 5.21 Å². The second kappa shape index (κ2) is 6.17. The summed E-state index contributed by atoms with van der Waals surface area (Å²) in [5.41, 5.74) is 2.22. The van der Waals surface area contributed by atoms with Gasteiger partial charge in [0.2, 0.25) is 0 Å². The Kier molecular flexibility index (Phi) is 4.07. The average Bonchev–Trinajstić information content (AvgIpc) is 3.19. The van der Waals surface area contributed by atoms with Crippen molar-refractivity contribution < 1.29 is 4.79 Å². The molecule has 1 N–H and O–H groups in total. The number of amides is 1. The standard InChI is InChI=1S/C14H13N7O.ClH/c22-14-12-9-11(18-20(12)6-1-3-16-14)10-2-4-15-13(8-10)21-7-5-17-19-21;/h2,4-5,7-9H,1,3,6H2,(H,16,22);1H. The summed E-state index contributed by atoms with van der Waals surface area (Å²) in [6.45, 7) is 1.42. The number of nitrogens with one attached hydrogen (secondary N) is 1. The molecular formula is C14H14ClN7O. The van der Waals surface area contributed by atoms with Gasteiger partial charge in [-0.25, -0.2) is 9.67 Å². The highest BCUT2D eigenvalue weighted by Crippen LogP contribution is 2.21. The average molecular weight is 332 g/mol. The van der Waals surface area contributed by atoms with Gasteiger partial charge in [-0.15, -0.1) is 17.5 Å². The monoisotopic (exact) mass is 331 g/mol. The second-order valence-corrected chi connectivity index (χ2v) is 5.00. The summed E-state index contributed by atoms with van der Waals surface area (Å²) < 4.78 is 3.34. The van der Waals surface area contributed by atoms with Crippen LogP contribution < -0.4 is 5.32 Å². The number of carbonyl (C=O) groups excluding carboxylic acids is 1. The molecule has 0 aliphatic carbocycles. The van der Waals surface area contributed by atoms with Gasteiger partial charge < -0.3 is 5.32 Å². The van der Waals surface area contributed by atoms with Crippen LogP contribution in [0, 0.1) is 0 Å². The maximum absolute atomic E-state index is 12.0. The van der Waals surface area contributed by atoms with Gasteiger partial charge in [0, 0.05) is 24.8 Å². The van der Waals surface area contributed by atoms with E-state index in [9.17, 15) is 4.79 Å². The van der Waals surface area contributed by atoms with E-state index in [4.69, 9.17) is 0 Å². The van der Waals surface area contributed by atoms with Gasteiger partial charge in [0.25, 0.3) is 5.91 Å². The van der Waals surface area contributed by atoms with E-state index >= 15 is 0 Å². The summed E-state index contributed by atoms with van der Waals surface area (Å²) in [6.07, 6.45) is 5.89. The summed E-state index contributed by atoms with van der Waals surface area (Å²) in [4.78, 5) is 16.3. The molecule has 0 aromatic carbocycles. The lowest BCUT2D eigenvalue weighted by atomic mass is 10.2. The highest BCUT2D eigenvalue weighted by molar-refractivity contribution is 5.93. The number of rotatable bonds is 2. The van der Waals surface area contributed by atoms with Crippen molar-refractivity contribution in [1.82, 2.24) is 35.1 Å². The van der Waals surface area contributed by atoms with E-state index in [2.05, 4.69) is 25.7 Å². The maximum atomic E-state index is 12.0. The molecule has 0 saturated carbocycles. The van der Waals surface area contributed by atoms with E-state index in [-0.39, 0.29) is 18.3 Å². The van der Waals surface area contributed by atoms with E-state index in [1.807, 2.05) is 12.1 Å². The van der Waals surface area contributed by atoms with Crippen molar-refractivity contribution in [2.24, 2.45) is 0 Å². The Labute approximate surface area is 137 Å². The number of halogens is 1. The van der Waals surface area contributed by atoms with E-state index in [1.54, 1.807) is 34.0 Å². The van der Waals surface area contributed by atoms with E-state index < -0.39 is 0 Å². The Morgan fingerprint density at radius 1 is 1.22 bits per heavy atom. The van der Waals surface area contributed by atoms with Gasteiger partial charge in [0.15, 0.2) is 5.82 Å². The molecule has 4 rings (SSSR count). The van der Waals surface area contributed by atoms with Crippen molar-refractivity contribution in [2.75, 3.05) is 6.54 Å². The highest BCUT2D eigenvalue weighted by atomic mass is 35.5. The second-order valence-electron chi connectivity index (χ2n) is 5.00. The normalized spacial score (nSPS) is 13.7. The van der Waals surface area contributed by atoms with Crippen LogP contribution in [0.15, 0.2) is 36.8 Å². The SMILES string of the molecule is Cl.O=C1NCCCn2nc(-c3ccnc(-n4ccnn4)c3)cc21. The zero-order valence-corrected chi connectivity index (χ0v) is 12.9. The van der Waals surface area contributed by atoms with Crippen molar-refractivity contribution in [3.63, 3.8) is 0 Å². The van der Waals surface area contributed by atoms with Crippen LogP contribution in [0.3, 0.4) is 0 Å². The zero-order chi connectivity index (χ0) is 14.9. The van der Waals surface area contributed by atoms with E-state index in [1.165, 1.54) is 0 Å². The Morgan fingerprint density at radius 2 is 2.13 bits per heavy atom. The van der Waals surface area contributed by atoms with Gasteiger partial charge in [-0.3, -0.25) is 9.48 Å². The molecule has 0 spiro atoms. The Hall–Kier alpha value is -2.74. The molecular weight excluding hydrogens is 318 g/mol. The molecule has 118 valence electrons. The van der Waals surface area contributed by atoms with Crippen LogP contribution in [-0.2, 0) is 6.54 Å². The number of aryl methyl sites for hydroxylation is 1. The number of nitrogens with zero attached hydrogens (tertiary/aromatic N) is 6. The largest absolute Gasteiger partial charge is 0.351 e. The van der Waals surface area contributed by atoms with Crippen LogP contribution in [0.2, 0.25) is 0 Å². The number of hydrogen-bond acceptors (Lipinski definition) is 5. The first-order chi connectivity index (χ1) is 10.8. The summed E-state index contributed by atoms with van der Waals surface area (Å²) in [5.74, 6) is 0.574. The van der Waals surface area contributed by atoms with Crippen molar-refractivity contribution in [3.8, 4) is 17.1 Å². The lowest BCUT2D eigenvalue weighted by Crippen LogP contribution is -2.22. The van der Waals surface area contributed by atoms with Gasteiger partial charge in [0.1, 0.15) is 5.69 Å². The van der Waals surface area contributed by atoms with Gasteiger partial charge in [-0.05, 0) is 24.6 Å². The third kappa shape index (κ3) is 2.80. The fourth-order valence-electron chi connectivity index (χ4n) is 2.47. The summed E-state index contributed by atoms with van der Waals surface area (Å²) in [5, 5.41) is 15.1. The molecule has 0 atom stereocenters. The van der Waals surface area contributed by atoms with Crippen molar-refractivity contribution in [3.05, 3.63) is 42.5 Å². The molecule has 8 nitrogen and oxygen atoms in total. The molecule has 0 radical (unpaired) electrons. The van der Waals surface area contributed by atoms with Crippen LogP contribution in [-0.4, -0.2) is 42.2 Å². The first-order valence-electron chi connectivity index (χ1n) is 7.00. The number of carbonyl (C=O) groups is 1. The van der Waals surface area contributed by atoms with Crippen molar-refractivity contribution in [1.29, 1.82) is 0 Å². The molecule has 0 unspecified atom stereocenters. The Balaban J connectivity index is 0.00000156. The lowest BCUT2D eigenvalue weighted by molar-refractivity contribution is 0.0950. The third-order valence-electron chi connectivity index (χ3n) is 3.54. The Bertz CT molecular complexity index is 828. The molecule has 1 aliphatic rings. The zero-order valence-electron chi connectivity index (χ0n) is 12.1. The predicted octanol–water partition coefficient (Wildman–Crippen LogP) is 1.08. The van der Waals surface area contributed by atoms with Gasteiger partial charge in [-0.2, -0.15) is 5.10 Å². The number of pyridine rings is 1. The van der Waals surface area contributed by atoms with Crippen molar-refractivity contribution >= 4 is 18.3 Å². The smallest absolute Gasteiger partial charge is 0.269 e. The fourth-order valence-corrected chi connectivity index (χ4v) is 2.47. The molecule has 1 aliphatic heterocycles. The number of hydrogen-bond donors (Lipinski definition) is 1. The van der Waals surface area contributed by atoms with E-state index in [0.717, 1.165) is 24.2 Å². The molecule has 3 aromatic heterocycles. The topological polar surface area (TPSA) is 90.5 Å². The molecule has 0 fully saturated rings. The molecule has 0 bridgehead atoms. The van der Waals surface area contributed by atoms with Gasteiger partial charge >= 0.3 is 0 Å². The minimum atomic E-state index is -0.0817. The fraction of sp³-hybridized carbons (Fsp3) is 0.214. The maximum Gasteiger partial charge on any atom is 0.269 e. The quantitative estimate of drug-likeness (QED) is 0.759. The van der Waals surface area contributed by atoms with Crippen molar-refractivity contribution in [2.45, 2.75) is 13.0 Å². The van der Waals surface area contributed by atoms with E-state index in [0.29, 0.717) is 18.1 Å². The molecule has 0 saturated heterocycles. The number of aromatic nitrogens is 6. The molecule has 9 heteroatoms. The predicted molar refractivity (Wildman–Crippen MR) is 84.6 cm³/mol. The Morgan fingerprint density at radius 3 is 2.96 bits per heavy atom. The lowest BCUT2D eigenvalue weighted by Gasteiger charge is -2.02. The molecule has 4 heterocycles.